The number of carbonyl (C=O) groups excluding carboxylic acids is 1. The van der Waals surface area contributed by atoms with Crippen LogP contribution in [0, 0.1) is 0 Å². The van der Waals surface area contributed by atoms with Gasteiger partial charge in [-0.25, -0.2) is 4.98 Å². The summed E-state index contributed by atoms with van der Waals surface area (Å²) in [6.07, 6.45) is 3.51. The largest absolute Gasteiger partial charge is 0.342 e. The maximum absolute atomic E-state index is 12.3. The number of rotatable bonds is 5. The van der Waals surface area contributed by atoms with Crippen LogP contribution < -0.4 is 5.56 Å². The lowest BCUT2D eigenvalue weighted by Gasteiger charge is -2.26. The maximum atomic E-state index is 12.3. The lowest BCUT2D eigenvalue weighted by Crippen LogP contribution is -2.37. The lowest BCUT2D eigenvalue weighted by atomic mass is 10.1. The molecule has 5 nitrogen and oxygen atoms in total. The minimum absolute atomic E-state index is 0.0619. The summed E-state index contributed by atoms with van der Waals surface area (Å²) in [5, 5.41) is 0.563. The van der Waals surface area contributed by atoms with E-state index in [1.165, 1.54) is 29.8 Å². The van der Waals surface area contributed by atoms with E-state index < -0.39 is 0 Å². The number of aromatic nitrogens is 2. The summed E-state index contributed by atoms with van der Waals surface area (Å²) in [5.41, 5.74) is 1.51. The highest BCUT2D eigenvalue weighted by atomic mass is 32.2. The van der Waals surface area contributed by atoms with Gasteiger partial charge in [-0.05, 0) is 24.8 Å². The van der Waals surface area contributed by atoms with Crippen molar-refractivity contribution in [2.75, 3.05) is 13.1 Å². The van der Waals surface area contributed by atoms with Crippen LogP contribution in [0.3, 0.4) is 0 Å². The second-order valence-electron chi connectivity index (χ2n) is 5.93. The highest BCUT2D eigenvalue weighted by Gasteiger charge is 2.17. The van der Waals surface area contributed by atoms with Crippen LogP contribution in [0.1, 0.15) is 30.5 Å². The normalized spacial score (nSPS) is 14.6. The molecule has 0 aliphatic carbocycles. The van der Waals surface area contributed by atoms with Gasteiger partial charge in [0, 0.05) is 24.9 Å². The summed E-state index contributed by atoms with van der Waals surface area (Å²) in [5.74, 6) is 0.791. The van der Waals surface area contributed by atoms with Crippen LogP contribution in [0.25, 0.3) is 0 Å². The van der Waals surface area contributed by atoms with E-state index in [0.29, 0.717) is 10.9 Å². The number of hydrogen-bond acceptors (Lipinski definition) is 4. The van der Waals surface area contributed by atoms with Crippen molar-refractivity contribution in [3.05, 3.63) is 58.0 Å². The number of carbonyl (C=O) groups is 1. The van der Waals surface area contributed by atoms with Crippen molar-refractivity contribution in [1.82, 2.24) is 14.9 Å². The van der Waals surface area contributed by atoms with Gasteiger partial charge in [0.25, 0.3) is 5.56 Å². The Labute approximate surface area is 145 Å². The van der Waals surface area contributed by atoms with Crippen molar-refractivity contribution in [3.8, 4) is 0 Å². The second-order valence-corrected chi connectivity index (χ2v) is 6.90. The third kappa shape index (κ3) is 4.71. The van der Waals surface area contributed by atoms with Crippen LogP contribution in [-0.4, -0.2) is 33.9 Å². The van der Waals surface area contributed by atoms with Crippen molar-refractivity contribution in [1.29, 1.82) is 0 Å². The molecule has 0 saturated carbocycles. The molecule has 3 rings (SSSR count). The van der Waals surface area contributed by atoms with Crippen LogP contribution in [0.4, 0.5) is 0 Å². The molecule has 0 radical (unpaired) electrons. The van der Waals surface area contributed by atoms with Crippen molar-refractivity contribution in [2.45, 2.75) is 36.6 Å². The number of nitrogens with one attached hydrogen (secondary N) is 1. The molecule has 0 atom stereocenters. The Hall–Kier alpha value is -2.08. The zero-order valence-electron chi connectivity index (χ0n) is 13.5. The Morgan fingerprint density at radius 2 is 1.92 bits per heavy atom. The number of benzene rings is 1. The molecular formula is C18H21N3O2S. The quantitative estimate of drug-likeness (QED) is 0.669. The van der Waals surface area contributed by atoms with Gasteiger partial charge in [0.1, 0.15) is 0 Å². The van der Waals surface area contributed by atoms with Crippen LogP contribution in [0.15, 0.2) is 46.3 Å². The number of piperidine rings is 1. The van der Waals surface area contributed by atoms with E-state index in [9.17, 15) is 9.59 Å². The minimum atomic E-state index is -0.206. The summed E-state index contributed by atoms with van der Waals surface area (Å²) in [4.78, 5) is 33.2. The Balaban J connectivity index is 1.64. The molecule has 1 amide bonds. The Bertz CT molecular complexity index is 739. The Kier molecular flexibility index (Phi) is 5.69. The maximum Gasteiger partial charge on any atom is 0.251 e. The van der Waals surface area contributed by atoms with E-state index in [1.54, 1.807) is 0 Å². The van der Waals surface area contributed by atoms with Crippen molar-refractivity contribution in [3.63, 3.8) is 0 Å². The molecule has 24 heavy (non-hydrogen) atoms. The first-order valence-corrected chi connectivity index (χ1v) is 9.24. The second kappa shape index (κ2) is 8.15. The number of thioether (sulfide) groups is 1. The first-order chi connectivity index (χ1) is 11.7. The van der Waals surface area contributed by atoms with Gasteiger partial charge in [0.05, 0.1) is 12.1 Å². The fourth-order valence-corrected chi connectivity index (χ4v) is 3.63. The van der Waals surface area contributed by atoms with Gasteiger partial charge in [-0.3, -0.25) is 9.59 Å². The molecule has 1 saturated heterocycles. The van der Waals surface area contributed by atoms with Gasteiger partial charge < -0.3 is 9.88 Å². The smallest absolute Gasteiger partial charge is 0.251 e. The molecule has 1 aliphatic rings. The van der Waals surface area contributed by atoms with E-state index in [0.717, 1.165) is 31.7 Å². The minimum Gasteiger partial charge on any atom is -0.342 e. The predicted molar refractivity (Wildman–Crippen MR) is 95.0 cm³/mol. The fourth-order valence-electron chi connectivity index (χ4n) is 2.78. The Morgan fingerprint density at radius 1 is 1.17 bits per heavy atom. The van der Waals surface area contributed by atoms with Crippen LogP contribution in [-0.2, 0) is 17.0 Å². The molecule has 0 spiro atoms. The van der Waals surface area contributed by atoms with E-state index in [2.05, 4.69) is 9.97 Å². The number of hydrogen-bond donors (Lipinski definition) is 1. The van der Waals surface area contributed by atoms with Gasteiger partial charge in [0.15, 0.2) is 5.16 Å². The molecule has 1 N–H and O–H groups in total. The fraction of sp³-hybridized carbons (Fsp3) is 0.389. The topological polar surface area (TPSA) is 66.1 Å². The highest BCUT2D eigenvalue weighted by Crippen LogP contribution is 2.18. The summed E-state index contributed by atoms with van der Waals surface area (Å²) in [6.45, 7) is 1.63. The molecular weight excluding hydrogens is 322 g/mol. The van der Waals surface area contributed by atoms with E-state index in [4.69, 9.17) is 0 Å². The molecule has 0 bridgehead atoms. The Morgan fingerprint density at radius 3 is 2.67 bits per heavy atom. The molecule has 1 fully saturated rings. The van der Waals surface area contributed by atoms with Crippen molar-refractivity contribution >= 4 is 17.7 Å². The van der Waals surface area contributed by atoms with E-state index >= 15 is 0 Å². The highest BCUT2D eigenvalue weighted by molar-refractivity contribution is 7.98. The third-order valence-corrected chi connectivity index (χ3v) is 4.98. The third-order valence-electron chi connectivity index (χ3n) is 4.03. The number of nitrogens with zero attached hydrogens (tertiary/aromatic N) is 2. The monoisotopic (exact) mass is 343 g/mol. The molecule has 126 valence electrons. The SMILES string of the molecule is O=C(Cc1cc(=O)[nH]c(SCc2ccccc2)n1)N1CCCCC1. The summed E-state index contributed by atoms with van der Waals surface area (Å²) in [6, 6.07) is 11.4. The molecule has 1 aromatic heterocycles. The molecule has 2 heterocycles. The number of H-pyrrole nitrogens is 1. The zero-order valence-corrected chi connectivity index (χ0v) is 14.3. The predicted octanol–water partition coefficient (Wildman–Crippen LogP) is 2.62. The van der Waals surface area contributed by atoms with Crippen LogP contribution >= 0.6 is 11.8 Å². The molecule has 1 aliphatic heterocycles. The number of aromatic amines is 1. The van der Waals surface area contributed by atoms with Gasteiger partial charge in [-0.15, -0.1) is 0 Å². The van der Waals surface area contributed by atoms with Gasteiger partial charge in [-0.1, -0.05) is 42.1 Å². The average molecular weight is 343 g/mol. The molecule has 1 aromatic carbocycles. The number of likely N-dealkylation sites (tertiary alicyclic amines) is 1. The zero-order chi connectivity index (χ0) is 16.8. The average Bonchev–Trinajstić information content (AvgIpc) is 2.61. The molecule has 0 unspecified atom stereocenters. The lowest BCUT2D eigenvalue weighted by molar-refractivity contribution is -0.131. The van der Waals surface area contributed by atoms with Crippen molar-refractivity contribution < 1.29 is 4.79 Å². The number of amides is 1. The van der Waals surface area contributed by atoms with Crippen LogP contribution in [0.5, 0.6) is 0 Å². The van der Waals surface area contributed by atoms with E-state index in [1.807, 2.05) is 35.2 Å². The molecule has 2 aromatic rings. The van der Waals surface area contributed by atoms with E-state index in [-0.39, 0.29) is 17.9 Å². The first kappa shape index (κ1) is 16.8. The molecule has 6 heteroatoms. The summed E-state index contributed by atoms with van der Waals surface area (Å²) < 4.78 is 0. The van der Waals surface area contributed by atoms with Crippen molar-refractivity contribution in [2.24, 2.45) is 0 Å². The summed E-state index contributed by atoms with van der Waals surface area (Å²) >= 11 is 1.47. The van der Waals surface area contributed by atoms with Gasteiger partial charge in [0.2, 0.25) is 5.91 Å². The first-order valence-electron chi connectivity index (χ1n) is 8.25. The van der Waals surface area contributed by atoms with Gasteiger partial charge in [-0.2, -0.15) is 0 Å². The van der Waals surface area contributed by atoms with Crippen LogP contribution in [0.2, 0.25) is 0 Å². The summed E-state index contributed by atoms with van der Waals surface area (Å²) in [7, 11) is 0. The van der Waals surface area contributed by atoms with Gasteiger partial charge >= 0.3 is 0 Å². The standard InChI is InChI=1S/C18H21N3O2S/c22-16-11-15(12-17(23)21-9-5-2-6-10-21)19-18(20-16)24-13-14-7-3-1-4-8-14/h1,3-4,7-8,11H,2,5-6,9-10,12-13H2,(H,19,20,22).